The van der Waals surface area contributed by atoms with Crippen molar-refractivity contribution in [1.29, 1.82) is 0 Å². The van der Waals surface area contributed by atoms with Crippen molar-refractivity contribution < 1.29 is 15.0 Å². The molecule has 0 saturated heterocycles. The Balaban J connectivity index is 0.000000994. The summed E-state index contributed by atoms with van der Waals surface area (Å²) in [6.07, 6.45) is 0. The Labute approximate surface area is 169 Å². The fourth-order valence-corrected chi connectivity index (χ4v) is 4.45. The highest BCUT2D eigenvalue weighted by Gasteiger charge is 2.45. The summed E-state index contributed by atoms with van der Waals surface area (Å²) < 4.78 is 0. The van der Waals surface area contributed by atoms with E-state index >= 15 is 0 Å². The van der Waals surface area contributed by atoms with Gasteiger partial charge in [0.1, 0.15) is 18.3 Å². The molecule has 3 nitrogen and oxygen atoms in total. The van der Waals surface area contributed by atoms with Crippen molar-refractivity contribution in [3.63, 3.8) is 0 Å². The zero-order chi connectivity index (χ0) is 20.4. The van der Waals surface area contributed by atoms with E-state index in [0.29, 0.717) is 0 Å². The van der Waals surface area contributed by atoms with Gasteiger partial charge in [-0.1, -0.05) is 72.8 Å². The number of carbonyl (C=O) groups is 1. The van der Waals surface area contributed by atoms with Crippen molar-refractivity contribution in [3.05, 3.63) is 119 Å². The lowest BCUT2D eigenvalue weighted by molar-refractivity contribution is -0.0979. The molecule has 1 aliphatic rings. The minimum absolute atomic E-state index is 0.249. The maximum Gasteiger partial charge on any atom is 0.115 e. The van der Waals surface area contributed by atoms with Gasteiger partial charge < -0.3 is 15.0 Å². The lowest BCUT2D eigenvalue weighted by Gasteiger charge is -2.33. The number of carbonyl (C=O) groups excluding carboxylic acids is 1. The van der Waals surface area contributed by atoms with Crippen molar-refractivity contribution in [1.82, 2.24) is 0 Å². The molecule has 0 bridgehead atoms. The summed E-state index contributed by atoms with van der Waals surface area (Å²) in [4.78, 5) is 8.00. The molecule has 142 valence electrons. The van der Waals surface area contributed by atoms with Crippen molar-refractivity contribution in [2.45, 2.75) is 5.41 Å². The molecule has 0 fully saturated rings. The maximum absolute atomic E-state index is 9.85. The molecule has 4 aromatic carbocycles. The van der Waals surface area contributed by atoms with Gasteiger partial charge in [0.2, 0.25) is 0 Å². The van der Waals surface area contributed by atoms with E-state index in [1.807, 2.05) is 31.1 Å². The van der Waals surface area contributed by atoms with Crippen LogP contribution >= 0.6 is 0 Å². The monoisotopic (exact) mass is 380 g/mol. The summed E-state index contributed by atoms with van der Waals surface area (Å²) in [7, 11) is 0. The summed E-state index contributed by atoms with van der Waals surface area (Å²) in [6, 6.07) is 31.9. The molecule has 0 saturated carbocycles. The van der Waals surface area contributed by atoms with Gasteiger partial charge in [-0.05, 0) is 57.6 Å². The third-order valence-corrected chi connectivity index (χ3v) is 5.55. The van der Waals surface area contributed by atoms with Crippen LogP contribution in [0.25, 0.3) is 11.1 Å². The topological polar surface area (TPSA) is 57.5 Å². The van der Waals surface area contributed by atoms with Gasteiger partial charge in [-0.15, -0.1) is 0 Å². The van der Waals surface area contributed by atoms with Gasteiger partial charge >= 0.3 is 0 Å². The Bertz CT molecular complexity index is 1050. The van der Waals surface area contributed by atoms with Crippen molar-refractivity contribution in [3.8, 4) is 22.6 Å². The summed E-state index contributed by atoms with van der Waals surface area (Å²) in [5, 5.41) is 19.7. The summed E-state index contributed by atoms with van der Waals surface area (Å²) in [5.74, 6) is 0.498. The maximum atomic E-state index is 9.85. The van der Waals surface area contributed by atoms with E-state index < -0.39 is 5.41 Å². The first-order valence-corrected chi connectivity index (χ1v) is 9.28. The molecule has 0 unspecified atom stereocenters. The number of aromatic hydroxyl groups is 2. The zero-order valence-electron chi connectivity index (χ0n) is 15.7. The molecular weight excluding hydrogens is 360 g/mol. The van der Waals surface area contributed by atoms with Crippen molar-refractivity contribution in [2.75, 3.05) is 0 Å². The van der Waals surface area contributed by atoms with E-state index in [4.69, 9.17) is 4.79 Å². The van der Waals surface area contributed by atoms with E-state index in [9.17, 15) is 10.2 Å². The normalized spacial score (nSPS) is 13.0. The molecule has 5 rings (SSSR count). The van der Waals surface area contributed by atoms with Gasteiger partial charge in [-0.3, -0.25) is 0 Å². The van der Waals surface area contributed by atoms with Crippen LogP contribution in [0.1, 0.15) is 22.3 Å². The number of phenolic OH excluding ortho intramolecular Hbond substituents is 2. The van der Waals surface area contributed by atoms with Crippen molar-refractivity contribution in [2.24, 2.45) is 0 Å². The van der Waals surface area contributed by atoms with E-state index in [2.05, 4.69) is 48.5 Å². The molecule has 0 amide bonds. The standard InChI is InChI=1S/C25H18O2.CH2O/c26-19-13-9-17(10-14-19)25(18-11-15-20(27)16-12-18)23-7-3-1-5-21(23)22-6-2-4-8-24(22)25;1-2/h1-16,26-27H;1H2. The Morgan fingerprint density at radius 1 is 0.517 bits per heavy atom. The van der Waals surface area contributed by atoms with Crippen LogP contribution in [0.3, 0.4) is 0 Å². The van der Waals surface area contributed by atoms with Gasteiger partial charge in [-0.2, -0.15) is 0 Å². The Morgan fingerprint density at radius 3 is 1.24 bits per heavy atom. The average molecular weight is 380 g/mol. The zero-order valence-corrected chi connectivity index (χ0v) is 15.7. The van der Waals surface area contributed by atoms with Crippen LogP contribution in [0.2, 0.25) is 0 Å². The first kappa shape index (κ1) is 18.5. The fourth-order valence-electron chi connectivity index (χ4n) is 4.45. The van der Waals surface area contributed by atoms with E-state index in [1.165, 1.54) is 22.3 Å². The lowest BCUT2D eigenvalue weighted by Crippen LogP contribution is -2.28. The Hall–Kier alpha value is -3.85. The summed E-state index contributed by atoms with van der Waals surface area (Å²) in [6.45, 7) is 2.00. The first-order valence-electron chi connectivity index (χ1n) is 9.28. The third kappa shape index (κ3) is 2.71. The molecule has 0 aromatic heterocycles. The van der Waals surface area contributed by atoms with Gasteiger partial charge in [0.15, 0.2) is 0 Å². The molecule has 29 heavy (non-hydrogen) atoms. The number of fused-ring (bicyclic) bond motifs is 3. The van der Waals surface area contributed by atoms with Crippen molar-refractivity contribution >= 4 is 6.79 Å². The smallest absolute Gasteiger partial charge is 0.115 e. The fraction of sp³-hybridized carbons (Fsp3) is 0.0385. The predicted octanol–water partition coefficient (Wildman–Crippen LogP) is 5.28. The van der Waals surface area contributed by atoms with Gasteiger partial charge in [-0.25, -0.2) is 0 Å². The molecule has 0 radical (unpaired) electrons. The summed E-state index contributed by atoms with van der Waals surface area (Å²) in [5.41, 5.74) is 6.54. The number of hydrogen-bond donors (Lipinski definition) is 2. The van der Waals surface area contributed by atoms with Crippen LogP contribution in [0, 0.1) is 0 Å². The highest BCUT2D eigenvalue weighted by molar-refractivity contribution is 5.86. The lowest BCUT2D eigenvalue weighted by atomic mass is 9.68. The van der Waals surface area contributed by atoms with Crippen LogP contribution in [0.5, 0.6) is 11.5 Å². The number of hydrogen-bond acceptors (Lipinski definition) is 3. The molecule has 2 N–H and O–H groups in total. The Kier molecular flexibility index (Phi) is 4.65. The van der Waals surface area contributed by atoms with Gasteiger partial charge in [0, 0.05) is 0 Å². The van der Waals surface area contributed by atoms with E-state index in [0.717, 1.165) is 11.1 Å². The SMILES string of the molecule is C=O.Oc1ccc(C2(c3ccc(O)cc3)c3ccccc3-c3ccccc32)cc1. The van der Waals surface area contributed by atoms with Crippen LogP contribution in [0.15, 0.2) is 97.1 Å². The largest absolute Gasteiger partial charge is 0.508 e. The van der Waals surface area contributed by atoms with Crippen LogP contribution in [-0.4, -0.2) is 17.0 Å². The summed E-state index contributed by atoms with van der Waals surface area (Å²) >= 11 is 0. The minimum atomic E-state index is -0.491. The molecule has 0 spiro atoms. The minimum Gasteiger partial charge on any atom is -0.508 e. The second-order valence-electron chi connectivity index (χ2n) is 6.93. The average Bonchev–Trinajstić information content (AvgIpc) is 3.08. The second kappa shape index (κ2) is 7.28. The molecule has 3 heteroatoms. The molecule has 4 aromatic rings. The highest BCUT2D eigenvalue weighted by atomic mass is 16.3. The number of phenols is 2. The van der Waals surface area contributed by atoms with Crippen LogP contribution < -0.4 is 0 Å². The third-order valence-electron chi connectivity index (χ3n) is 5.55. The molecular formula is C26H20O3. The number of rotatable bonds is 2. The second-order valence-corrected chi connectivity index (χ2v) is 6.93. The van der Waals surface area contributed by atoms with Gasteiger partial charge in [0.05, 0.1) is 5.41 Å². The molecule has 1 aliphatic carbocycles. The van der Waals surface area contributed by atoms with Gasteiger partial charge in [0.25, 0.3) is 0 Å². The van der Waals surface area contributed by atoms with Crippen LogP contribution in [-0.2, 0) is 10.2 Å². The van der Waals surface area contributed by atoms with E-state index in [-0.39, 0.29) is 11.5 Å². The quantitative estimate of drug-likeness (QED) is 0.438. The predicted molar refractivity (Wildman–Crippen MR) is 114 cm³/mol. The highest BCUT2D eigenvalue weighted by Crippen LogP contribution is 2.56. The van der Waals surface area contributed by atoms with Crippen LogP contribution in [0.4, 0.5) is 0 Å². The van der Waals surface area contributed by atoms with E-state index in [1.54, 1.807) is 24.3 Å². The number of benzene rings is 4. The molecule has 0 aliphatic heterocycles. The Morgan fingerprint density at radius 2 is 0.862 bits per heavy atom. The molecule has 0 atom stereocenters. The molecule has 0 heterocycles. The first-order chi connectivity index (χ1) is 14.2.